The number of benzene rings is 9. The molecular formula is C53H39BN2O2. The van der Waals surface area contributed by atoms with Crippen molar-refractivity contribution < 1.29 is 9.47 Å². The fourth-order valence-corrected chi connectivity index (χ4v) is 9.24. The Morgan fingerprint density at radius 1 is 0.328 bits per heavy atom. The van der Waals surface area contributed by atoms with Gasteiger partial charge in [-0.05, 0) is 120 Å². The molecule has 11 rings (SSSR count). The predicted octanol–water partition coefficient (Wildman–Crippen LogP) is 12.6. The molecule has 0 bridgehead atoms. The molecule has 0 atom stereocenters. The summed E-state index contributed by atoms with van der Waals surface area (Å²) in [4.78, 5) is 4.72. The first-order chi connectivity index (χ1) is 28.5. The zero-order valence-corrected chi connectivity index (χ0v) is 32.6. The number of hydrogen-bond donors (Lipinski definition) is 0. The largest absolute Gasteiger partial charge is 0.458 e. The molecule has 0 saturated carbocycles. The lowest BCUT2D eigenvalue weighted by Crippen LogP contribution is -2.58. The molecule has 0 aromatic heterocycles. The Kier molecular flexibility index (Phi) is 7.90. The third-order valence-electron chi connectivity index (χ3n) is 11.6. The third kappa shape index (κ3) is 5.46. The van der Waals surface area contributed by atoms with Crippen LogP contribution in [-0.4, -0.2) is 6.71 Å². The maximum atomic E-state index is 7.10. The number of fused-ring (bicyclic) bond motifs is 8. The number of aryl methyl sites for hydroxylation is 3. The van der Waals surface area contributed by atoms with Gasteiger partial charge in [-0.25, -0.2) is 0 Å². The van der Waals surface area contributed by atoms with Crippen LogP contribution in [0.5, 0.6) is 23.0 Å². The van der Waals surface area contributed by atoms with Crippen LogP contribution in [0.2, 0.25) is 0 Å². The van der Waals surface area contributed by atoms with Gasteiger partial charge in [-0.15, -0.1) is 0 Å². The summed E-state index contributed by atoms with van der Waals surface area (Å²) in [6.45, 7) is 6.26. The highest BCUT2D eigenvalue weighted by molar-refractivity contribution is 7.01. The van der Waals surface area contributed by atoms with Crippen molar-refractivity contribution in [3.63, 3.8) is 0 Å². The van der Waals surface area contributed by atoms with Gasteiger partial charge in [0.05, 0.1) is 11.4 Å². The quantitative estimate of drug-likeness (QED) is 0.158. The molecule has 0 aliphatic carbocycles. The second kappa shape index (κ2) is 13.5. The minimum absolute atomic E-state index is 0.149. The van der Waals surface area contributed by atoms with Gasteiger partial charge in [0.2, 0.25) is 0 Å². The van der Waals surface area contributed by atoms with Crippen LogP contribution in [-0.2, 0) is 0 Å². The molecule has 2 heterocycles. The molecule has 0 unspecified atom stereocenters. The average molecular weight is 747 g/mol. The summed E-state index contributed by atoms with van der Waals surface area (Å²) in [7, 11) is 0. The van der Waals surface area contributed by atoms with Crippen LogP contribution in [0.3, 0.4) is 0 Å². The van der Waals surface area contributed by atoms with E-state index in [-0.39, 0.29) is 6.71 Å². The Bertz CT molecular complexity index is 2870. The lowest BCUT2D eigenvalue weighted by molar-refractivity contribution is 0.464. The lowest BCUT2D eigenvalue weighted by atomic mass is 9.33. The molecule has 0 saturated heterocycles. The topological polar surface area (TPSA) is 24.9 Å². The smallest absolute Gasteiger partial charge is 0.262 e. The van der Waals surface area contributed by atoms with E-state index in [1.807, 2.05) is 0 Å². The minimum atomic E-state index is -0.149. The van der Waals surface area contributed by atoms with E-state index in [1.165, 1.54) is 11.1 Å². The van der Waals surface area contributed by atoms with E-state index in [9.17, 15) is 0 Å². The van der Waals surface area contributed by atoms with Crippen molar-refractivity contribution in [2.45, 2.75) is 20.8 Å². The molecular weight excluding hydrogens is 707 g/mol. The van der Waals surface area contributed by atoms with Gasteiger partial charge < -0.3 is 19.3 Å². The second-order valence-electron chi connectivity index (χ2n) is 15.5. The molecule has 276 valence electrons. The van der Waals surface area contributed by atoms with Gasteiger partial charge >= 0.3 is 0 Å². The zero-order valence-electron chi connectivity index (χ0n) is 32.6. The highest BCUT2D eigenvalue weighted by Crippen LogP contribution is 2.47. The molecule has 5 heteroatoms. The van der Waals surface area contributed by atoms with E-state index < -0.39 is 0 Å². The molecule has 9 aromatic carbocycles. The van der Waals surface area contributed by atoms with Gasteiger partial charge in [0.1, 0.15) is 23.0 Å². The Hall–Kier alpha value is -7.24. The van der Waals surface area contributed by atoms with Gasteiger partial charge in [-0.3, -0.25) is 0 Å². The van der Waals surface area contributed by atoms with Crippen molar-refractivity contribution in [1.82, 2.24) is 0 Å². The normalized spacial score (nSPS) is 12.3. The average Bonchev–Trinajstić information content (AvgIpc) is 3.24. The highest BCUT2D eigenvalue weighted by atomic mass is 16.5. The van der Waals surface area contributed by atoms with Crippen molar-refractivity contribution in [2.75, 3.05) is 9.80 Å². The number of ether oxygens (including phenoxy) is 2. The number of para-hydroxylation sites is 2. The predicted molar refractivity (Wildman–Crippen MR) is 243 cm³/mol. The summed E-state index contributed by atoms with van der Waals surface area (Å²) in [5, 5.41) is 4.60. The number of nitrogens with zero attached hydrogens (tertiary/aromatic N) is 2. The Balaban J connectivity index is 1.20. The fraction of sp³-hybridized carbons (Fsp3) is 0.0566. The standard InChI is InChI=1S/C53H39BN2O2/c1-34-16-14-22-39(28-34)55(37-18-6-4-7-19-37)45-32-49-51(43-26-12-10-24-41(43)45)54-52-44-27-13-11-25-42(44)46(33-50(52)58-48-31-36(3)30-47(57-49)53(48)54)56(38-20-8-5-9-21-38)40-23-15-17-35(2)29-40/h4-33H,1-3H3. The molecule has 0 N–H and O–H groups in total. The second-order valence-corrected chi connectivity index (χ2v) is 15.5. The first kappa shape index (κ1) is 34.0. The van der Waals surface area contributed by atoms with E-state index >= 15 is 0 Å². The van der Waals surface area contributed by atoms with E-state index in [4.69, 9.17) is 9.47 Å². The van der Waals surface area contributed by atoms with Crippen LogP contribution in [0.25, 0.3) is 21.5 Å². The first-order valence-corrected chi connectivity index (χ1v) is 20.0. The molecule has 4 nitrogen and oxygen atoms in total. The molecule has 0 radical (unpaired) electrons. The zero-order chi connectivity index (χ0) is 38.9. The van der Waals surface area contributed by atoms with E-state index in [2.05, 4.69) is 213 Å². The van der Waals surface area contributed by atoms with E-state index in [0.29, 0.717) is 0 Å². The molecule has 0 amide bonds. The van der Waals surface area contributed by atoms with Crippen molar-refractivity contribution in [1.29, 1.82) is 0 Å². The SMILES string of the molecule is Cc1cccc(N(c2ccccc2)c2cc3c(c4ccccc24)B2c4c(cc(C)cc4Oc4cc(N(c5ccccc5)c5cccc(C)c5)c5ccccc5c42)O3)c1. The van der Waals surface area contributed by atoms with Crippen LogP contribution in [0, 0.1) is 20.8 Å². The molecule has 9 aromatic rings. The lowest BCUT2D eigenvalue weighted by Gasteiger charge is -2.37. The van der Waals surface area contributed by atoms with Crippen molar-refractivity contribution in [3.8, 4) is 23.0 Å². The van der Waals surface area contributed by atoms with Crippen molar-refractivity contribution in [3.05, 3.63) is 199 Å². The van der Waals surface area contributed by atoms with Gasteiger partial charge in [-0.2, -0.15) is 0 Å². The van der Waals surface area contributed by atoms with Crippen LogP contribution >= 0.6 is 0 Å². The molecule has 0 spiro atoms. The monoisotopic (exact) mass is 746 g/mol. The number of hydrogen-bond acceptors (Lipinski definition) is 4. The molecule has 2 aliphatic heterocycles. The maximum absolute atomic E-state index is 7.10. The number of rotatable bonds is 6. The van der Waals surface area contributed by atoms with Crippen molar-refractivity contribution in [2.24, 2.45) is 0 Å². The Morgan fingerprint density at radius 3 is 1.14 bits per heavy atom. The van der Waals surface area contributed by atoms with Crippen molar-refractivity contribution >= 4 is 78.8 Å². The summed E-state index contributed by atoms with van der Waals surface area (Å²) in [6.07, 6.45) is 0. The van der Waals surface area contributed by atoms with Gasteiger partial charge in [0, 0.05) is 51.1 Å². The van der Waals surface area contributed by atoms with E-state index in [1.54, 1.807) is 0 Å². The molecule has 58 heavy (non-hydrogen) atoms. The van der Waals surface area contributed by atoms with Crippen LogP contribution in [0.4, 0.5) is 34.1 Å². The van der Waals surface area contributed by atoms with Crippen LogP contribution in [0.15, 0.2) is 182 Å². The third-order valence-corrected chi connectivity index (χ3v) is 11.6. The Morgan fingerprint density at radius 2 is 0.707 bits per heavy atom. The van der Waals surface area contributed by atoms with Crippen LogP contribution < -0.4 is 35.7 Å². The first-order valence-electron chi connectivity index (χ1n) is 20.0. The summed E-state index contributed by atoms with van der Waals surface area (Å²) in [5.41, 5.74) is 13.3. The summed E-state index contributed by atoms with van der Waals surface area (Å²) < 4.78 is 14.2. The molecule has 0 fully saturated rings. The summed E-state index contributed by atoms with van der Waals surface area (Å²) in [5.74, 6) is 3.37. The van der Waals surface area contributed by atoms with Gasteiger partial charge in [-0.1, -0.05) is 109 Å². The fourth-order valence-electron chi connectivity index (χ4n) is 9.24. The summed E-state index contributed by atoms with van der Waals surface area (Å²) >= 11 is 0. The van der Waals surface area contributed by atoms with Gasteiger partial charge in [0.15, 0.2) is 0 Å². The highest BCUT2D eigenvalue weighted by Gasteiger charge is 2.43. The van der Waals surface area contributed by atoms with Gasteiger partial charge in [0.25, 0.3) is 6.71 Å². The summed E-state index contributed by atoms with van der Waals surface area (Å²) in [6, 6.07) is 65.2. The minimum Gasteiger partial charge on any atom is -0.458 e. The maximum Gasteiger partial charge on any atom is 0.262 e. The van der Waals surface area contributed by atoms with E-state index in [0.717, 1.165) is 101 Å². The Labute approximate surface area is 339 Å². The molecule has 2 aliphatic rings. The number of anilines is 6. The van der Waals surface area contributed by atoms with Crippen LogP contribution in [0.1, 0.15) is 16.7 Å².